The van der Waals surface area contributed by atoms with Gasteiger partial charge in [0, 0.05) is 23.5 Å². The number of rotatable bonds is 4. The average Bonchev–Trinajstić information content (AvgIpc) is 2.67. The molecule has 0 aliphatic carbocycles. The van der Waals surface area contributed by atoms with Crippen LogP contribution < -0.4 is 5.43 Å². The summed E-state index contributed by atoms with van der Waals surface area (Å²) in [6.45, 7) is 1.43. The molecule has 7 heteroatoms. The van der Waals surface area contributed by atoms with Gasteiger partial charge in [-0.15, -0.1) is 0 Å². The summed E-state index contributed by atoms with van der Waals surface area (Å²) >= 11 is 0. The van der Waals surface area contributed by atoms with E-state index in [0.29, 0.717) is 5.56 Å². The molecule has 0 saturated carbocycles. The summed E-state index contributed by atoms with van der Waals surface area (Å²) in [5, 5.41) is 9.33. The monoisotopic (exact) mass is 387 g/mol. The number of halogens is 3. The van der Waals surface area contributed by atoms with Gasteiger partial charge in [-0.2, -0.15) is 13.2 Å². The molecule has 1 N–H and O–H groups in total. The van der Waals surface area contributed by atoms with Crippen molar-refractivity contribution >= 4 is 5.97 Å². The smallest absolute Gasteiger partial charge is 0.416 e. The van der Waals surface area contributed by atoms with Gasteiger partial charge in [-0.3, -0.25) is 4.79 Å². The summed E-state index contributed by atoms with van der Waals surface area (Å²) in [6, 6.07) is 12.0. The maximum atomic E-state index is 13.1. The predicted octanol–water partition coefficient (Wildman–Crippen LogP) is 4.85. The minimum absolute atomic E-state index is 0.000512. The Morgan fingerprint density at radius 2 is 1.54 bits per heavy atom. The van der Waals surface area contributed by atoms with E-state index in [1.807, 2.05) is 0 Å². The van der Waals surface area contributed by atoms with E-state index in [4.69, 9.17) is 0 Å². The van der Waals surface area contributed by atoms with Gasteiger partial charge < -0.3 is 9.67 Å². The molecule has 0 bridgehead atoms. The number of alkyl halides is 3. The lowest BCUT2D eigenvalue weighted by atomic mass is 9.99. The van der Waals surface area contributed by atoms with Crippen molar-refractivity contribution in [1.29, 1.82) is 0 Å². The molecular weight excluding hydrogens is 371 g/mol. The lowest BCUT2D eigenvalue weighted by molar-refractivity contribution is -0.140. The van der Waals surface area contributed by atoms with E-state index < -0.39 is 29.2 Å². The van der Waals surface area contributed by atoms with Gasteiger partial charge in [0.2, 0.25) is 0 Å². The fourth-order valence-electron chi connectivity index (χ4n) is 2.84. The number of aromatic nitrogens is 1. The number of carbonyl (C=O) groups is 1. The number of aliphatic carboxylic acids is 1. The SMILES string of the molecule is CC(C(=O)O)n1cc(-c2ccccc2)c(=O)c(-c2cccc(C(F)(F)F)c2)c1. The number of benzene rings is 2. The largest absolute Gasteiger partial charge is 0.480 e. The van der Waals surface area contributed by atoms with Crippen molar-refractivity contribution in [3.8, 4) is 22.3 Å². The number of hydrogen-bond acceptors (Lipinski definition) is 2. The molecule has 1 atom stereocenters. The van der Waals surface area contributed by atoms with E-state index >= 15 is 0 Å². The third-order valence-electron chi connectivity index (χ3n) is 4.44. The van der Waals surface area contributed by atoms with E-state index in [-0.39, 0.29) is 16.7 Å². The zero-order valence-corrected chi connectivity index (χ0v) is 14.8. The first-order valence-electron chi connectivity index (χ1n) is 8.40. The Labute approximate surface area is 158 Å². The number of hydrogen-bond donors (Lipinski definition) is 1. The highest BCUT2D eigenvalue weighted by Crippen LogP contribution is 2.32. The van der Waals surface area contributed by atoms with Crippen molar-refractivity contribution in [1.82, 2.24) is 4.57 Å². The van der Waals surface area contributed by atoms with Gasteiger partial charge in [-0.05, 0) is 30.2 Å². The van der Waals surface area contributed by atoms with E-state index in [9.17, 15) is 27.9 Å². The van der Waals surface area contributed by atoms with Crippen LogP contribution in [0.3, 0.4) is 0 Å². The van der Waals surface area contributed by atoms with Crippen LogP contribution in [0.25, 0.3) is 22.3 Å². The second-order valence-electron chi connectivity index (χ2n) is 6.32. The summed E-state index contributed by atoms with van der Waals surface area (Å²) in [5.74, 6) is -1.13. The first kappa shape index (κ1) is 19.4. The Bertz CT molecular complexity index is 1070. The topological polar surface area (TPSA) is 59.3 Å². The Morgan fingerprint density at radius 3 is 2.11 bits per heavy atom. The van der Waals surface area contributed by atoms with Crippen LogP contribution in [0.2, 0.25) is 0 Å². The van der Waals surface area contributed by atoms with Gasteiger partial charge in [0.1, 0.15) is 6.04 Å². The van der Waals surface area contributed by atoms with Crippen molar-refractivity contribution in [2.24, 2.45) is 0 Å². The van der Waals surface area contributed by atoms with Crippen LogP contribution in [0.5, 0.6) is 0 Å². The van der Waals surface area contributed by atoms with Crippen LogP contribution in [-0.4, -0.2) is 15.6 Å². The van der Waals surface area contributed by atoms with E-state index in [1.54, 1.807) is 30.3 Å². The summed E-state index contributed by atoms with van der Waals surface area (Å²) in [4.78, 5) is 24.5. The quantitative estimate of drug-likeness (QED) is 0.696. The third-order valence-corrected chi connectivity index (χ3v) is 4.44. The van der Waals surface area contributed by atoms with Crippen molar-refractivity contribution in [2.45, 2.75) is 19.1 Å². The van der Waals surface area contributed by atoms with Crippen LogP contribution >= 0.6 is 0 Å². The maximum absolute atomic E-state index is 13.1. The number of carboxylic acid groups (broad SMARTS) is 1. The van der Waals surface area contributed by atoms with Crippen LogP contribution in [0.1, 0.15) is 18.5 Å². The number of carboxylic acids is 1. The minimum Gasteiger partial charge on any atom is -0.480 e. The molecule has 0 saturated heterocycles. The molecular formula is C21H16F3NO3. The number of pyridine rings is 1. The standard InChI is InChI=1S/C21H16F3NO3/c1-13(20(27)28)25-11-17(14-6-3-2-4-7-14)19(26)18(12-25)15-8-5-9-16(10-15)21(22,23)24/h2-13H,1H3,(H,27,28). The fraction of sp³-hybridized carbons (Fsp3) is 0.143. The molecule has 1 unspecified atom stereocenters. The number of nitrogens with zero attached hydrogens (tertiary/aromatic N) is 1. The zero-order valence-electron chi connectivity index (χ0n) is 14.8. The summed E-state index contributed by atoms with van der Waals surface area (Å²) in [5.41, 5.74) is -0.521. The van der Waals surface area contributed by atoms with Gasteiger partial charge in [0.05, 0.1) is 5.56 Å². The molecule has 0 spiro atoms. The van der Waals surface area contributed by atoms with Gasteiger partial charge in [-0.25, -0.2) is 4.79 Å². The van der Waals surface area contributed by atoms with Gasteiger partial charge in [0.25, 0.3) is 0 Å². The Morgan fingerprint density at radius 1 is 0.964 bits per heavy atom. The highest BCUT2D eigenvalue weighted by Gasteiger charge is 2.30. The molecule has 144 valence electrons. The van der Waals surface area contributed by atoms with Crippen molar-refractivity contribution in [2.75, 3.05) is 0 Å². The first-order chi connectivity index (χ1) is 13.2. The Kier molecular flexibility index (Phi) is 5.09. The van der Waals surface area contributed by atoms with Crippen LogP contribution in [0.15, 0.2) is 71.8 Å². The van der Waals surface area contributed by atoms with Crippen molar-refractivity contribution in [3.05, 3.63) is 82.8 Å². The predicted molar refractivity (Wildman–Crippen MR) is 98.9 cm³/mol. The zero-order chi connectivity index (χ0) is 20.5. The molecule has 2 aromatic carbocycles. The molecule has 4 nitrogen and oxygen atoms in total. The summed E-state index contributed by atoms with van der Waals surface area (Å²) < 4.78 is 40.6. The van der Waals surface area contributed by atoms with E-state index in [1.165, 1.54) is 36.0 Å². The van der Waals surface area contributed by atoms with Crippen LogP contribution in [0, 0.1) is 0 Å². The minimum atomic E-state index is -4.56. The third kappa shape index (κ3) is 3.83. The molecule has 0 aliphatic rings. The molecule has 0 fully saturated rings. The van der Waals surface area contributed by atoms with Gasteiger partial charge in [-0.1, -0.05) is 42.5 Å². The van der Waals surface area contributed by atoms with E-state index in [2.05, 4.69) is 0 Å². The maximum Gasteiger partial charge on any atom is 0.416 e. The van der Waals surface area contributed by atoms with Crippen molar-refractivity contribution < 1.29 is 23.1 Å². The molecule has 28 heavy (non-hydrogen) atoms. The molecule has 1 heterocycles. The Balaban J connectivity index is 2.28. The summed E-state index contributed by atoms with van der Waals surface area (Å²) in [7, 11) is 0. The summed E-state index contributed by atoms with van der Waals surface area (Å²) in [6.07, 6.45) is -1.86. The second-order valence-corrected chi connectivity index (χ2v) is 6.32. The molecule has 3 rings (SSSR count). The fourth-order valence-corrected chi connectivity index (χ4v) is 2.84. The van der Waals surface area contributed by atoms with Crippen LogP contribution in [-0.2, 0) is 11.0 Å². The molecule has 0 aliphatic heterocycles. The molecule has 0 radical (unpaired) electrons. The molecule has 0 amide bonds. The van der Waals surface area contributed by atoms with E-state index in [0.717, 1.165) is 12.1 Å². The molecule has 3 aromatic rings. The van der Waals surface area contributed by atoms with Gasteiger partial charge in [0.15, 0.2) is 5.43 Å². The average molecular weight is 387 g/mol. The lowest BCUT2D eigenvalue weighted by Crippen LogP contribution is -2.20. The second kappa shape index (κ2) is 7.34. The Hall–Kier alpha value is -3.35. The van der Waals surface area contributed by atoms with Crippen LogP contribution in [0.4, 0.5) is 13.2 Å². The van der Waals surface area contributed by atoms with Gasteiger partial charge >= 0.3 is 12.1 Å². The molecule has 1 aromatic heterocycles. The lowest BCUT2D eigenvalue weighted by Gasteiger charge is -2.16. The van der Waals surface area contributed by atoms with Crippen molar-refractivity contribution in [3.63, 3.8) is 0 Å². The highest BCUT2D eigenvalue weighted by atomic mass is 19.4. The highest BCUT2D eigenvalue weighted by molar-refractivity contribution is 5.75. The first-order valence-corrected chi connectivity index (χ1v) is 8.40. The normalized spacial score (nSPS) is 12.6.